The van der Waals surface area contributed by atoms with Crippen molar-refractivity contribution < 1.29 is 9.53 Å². The fraction of sp³-hybridized carbons (Fsp3) is 0.188. The molecule has 0 unspecified atom stereocenters. The number of Topliss-reactive ketones (excluding diaryl/α,β-unsaturated/α-hetero) is 1. The fourth-order valence-corrected chi connectivity index (χ4v) is 1.82. The summed E-state index contributed by atoms with van der Waals surface area (Å²) in [5.41, 5.74) is 7.99. The van der Waals surface area contributed by atoms with Crippen molar-refractivity contribution in [3.8, 4) is 5.75 Å². The van der Waals surface area contributed by atoms with Crippen LogP contribution in [-0.2, 0) is 6.61 Å². The van der Waals surface area contributed by atoms with Crippen LogP contribution in [0.3, 0.4) is 0 Å². The third kappa shape index (κ3) is 4.00. The van der Waals surface area contributed by atoms with Crippen LogP contribution < -0.4 is 10.5 Å². The standard InChI is InChI=1S/C16H17NO2.ClH/c1-2-16(18)14-9-8-13(10-15(14)17)19-11-12-6-4-3-5-7-12;/h3-10H,2,11,17H2,1H3;1H. The molecule has 0 aliphatic heterocycles. The second-order valence-electron chi connectivity index (χ2n) is 4.30. The van der Waals surface area contributed by atoms with Gasteiger partial charge in [0.25, 0.3) is 0 Å². The van der Waals surface area contributed by atoms with Crippen molar-refractivity contribution in [2.24, 2.45) is 0 Å². The average Bonchev–Trinajstić information content (AvgIpc) is 2.45. The van der Waals surface area contributed by atoms with Crippen LogP contribution in [0, 0.1) is 0 Å². The van der Waals surface area contributed by atoms with E-state index in [0.29, 0.717) is 30.0 Å². The molecule has 20 heavy (non-hydrogen) atoms. The summed E-state index contributed by atoms with van der Waals surface area (Å²) < 4.78 is 5.65. The number of ether oxygens (including phenoxy) is 1. The van der Waals surface area contributed by atoms with Gasteiger partial charge in [-0.25, -0.2) is 0 Å². The van der Waals surface area contributed by atoms with Crippen molar-refractivity contribution in [1.82, 2.24) is 0 Å². The lowest BCUT2D eigenvalue weighted by Gasteiger charge is -2.09. The number of benzene rings is 2. The monoisotopic (exact) mass is 291 g/mol. The van der Waals surface area contributed by atoms with Gasteiger partial charge in [0.15, 0.2) is 5.78 Å². The molecule has 0 spiro atoms. The third-order valence-corrected chi connectivity index (χ3v) is 2.89. The summed E-state index contributed by atoms with van der Waals surface area (Å²) in [6.45, 7) is 2.31. The molecule has 0 aliphatic rings. The molecule has 0 saturated carbocycles. The Labute approximate surface area is 125 Å². The van der Waals surface area contributed by atoms with E-state index in [2.05, 4.69) is 0 Å². The highest BCUT2D eigenvalue weighted by molar-refractivity contribution is 6.00. The predicted molar refractivity (Wildman–Crippen MR) is 83.5 cm³/mol. The topological polar surface area (TPSA) is 52.3 Å². The lowest BCUT2D eigenvalue weighted by Crippen LogP contribution is -2.03. The minimum Gasteiger partial charge on any atom is -0.489 e. The zero-order valence-electron chi connectivity index (χ0n) is 11.3. The van der Waals surface area contributed by atoms with E-state index in [4.69, 9.17) is 10.5 Å². The molecule has 0 atom stereocenters. The van der Waals surface area contributed by atoms with Crippen LogP contribution in [0.15, 0.2) is 48.5 Å². The van der Waals surface area contributed by atoms with Crippen molar-refractivity contribution >= 4 is 23.9 Å². The maximum absolute atomic E-state index is 11.6. The Kier molecular flexibility index (Phi) is 6.07. The van der Waals surface area contributed by atoms with Gasteiger partial charge in [0.1, 0.15) is 12.4 Å². The minimum atomic E-state index is 0. The number of carbonyl (C=O) groups is 1. The lowest BCUT2D eigenvalue weighted by atomic mass is 10.1. The Morgan fingerprint density at radius 2 is 1.85 bits per heavy atom. The normalized spacial score (nSPS) is 9.65. The molecule has 2 aromatic rings. The van der Waals surface area contributed by atoms with Crippen molar-refractivity contribution in [1.29, 1.82) is 0 Å². The number of rotatable bonds is 5. The Hall–Kier alpha value is -2.00. The van der Waals surface area contributed by atoms with E-state index < -0.39 is 0 Å². The number of nitrogens with two attached hydrogens (primary N) is 1. The zero-order valence-corrected chi connectivity index (χ0v) is 12.2. The Morgan fingerprint density at radius 3 is 2.45 bits per heavy atom. The van der Waals surface area contributed by atoms with Gasteiger partial charge in [-0.05, 0) is 17.7 Å². The van der Waals surface area contributed by atoms with Gasteiger partial charge < -0.3 is 10.5 Å². The molecule has 0 fully saturated rings. The highest BCUT2D eigenvalue weighted by Crippen LogP contribution is 2.22. The van der Waals surface area contributed by atoms with Crippen LogP contribution in [0.25, 0.3) is 0 Å². The van der Waals surface area contributed by atoms with Crippen LogP contribution >= 0.6 is 12.4 Å². The quantitative estimate of drug-likeness (QED) is 0.672. The number of carbonyl (C=O) groups excluding carboxylic acids is 1. The fourth-order valence-electron chi connectivity index (χ4n) is 1.82. The number of hydrogen-bond donors (Lipinski definition) is 1. The van der Waals surface area contributed by atoms with Gasteiger partial charge in [0, 0.05) is 23.7 Å². The number of nitrogen functional groups attached to an aromatic ring is 1. The van der Waals surface area contributed by atoms with E-state index >= 15 is 0 Å². The van der Waals surface area contributed by atoms with Crippen LogP contribution in [-0.4, -0.2) is 5.78 Å². The smallest absolute Gasteiger partial charge is 0.164 e. The molecule has 0 aromatic heterocycles. The van der Waals surface area contributed by atoms with Gasteiger partial charge in [-0.15, -0.1) is 12.4 Å². The van der Waals surface area contributed by atoms with Gasteiger partial charge in [-0.1, -0.05) is 37.3 Å². The van der Waals surface area contributed by atoms with Gasteiger partial charge in [0.05, 0.1) is 0 Å². The molecule has 3 nitrogen and oxygen atoms in total. The predicted octanol–water partition coefficient (Wildman–Crippen LogP) is 3.86. The Morgan fingerprint density at radius 1 is 1.15 bits per heavy atom. The lowest BCUT2D eigenvalue weighted by molar-refractivity contribution is 0.0989. The van der Waals surface area contributed by atoms with E-state index in [1.54, 1.807) is 18.2 Å². The van der Waals surface area contributed by atoms with Crippen molar-refractivity contribution in [3.63, 3.8) is 0 Å². The third-order valence-electron chi connectivity index (χ3n) is 2.89. The van der Waals surface area contributed by atoms with Crippen molar-refractivity contribution in [2.45, 2.75) is 20.0 Å². The largest absolute Gasteiger partial charge is 0.489 e. The summed E-state index contributed by atoms with van der Waals surface area (Å²) in [5, 5.41) is 0. The summed E-state index contributed by atoms with van der Waals surface area (Å²) in [5.74, 6) is 0.723. The summed E-state index contributed by atoms with van der Waals surface area (Å²) in [7, 11) is 0. The maximum atomic E-state index is 11.6. The first-order chi connectivity index (χ1) is 9.20. The molecule has 0 amide bonds. The highest BCUT2D eigenvalue weighted by atomic mass is 35.5. The maximum Gasteiger partial charge on any atom is 0.164 e. The first-order valence-corrected chi connectivity index (χ1v) is 6.30. The molecule has 106 valence electrons. The van der Waals surface area contributed by atoms with Crippen molar-refractivity contribution in [3.05, 3.63) is 59.7 Å². The first kappa shape index (κ1) is 16.1. The molecular weight excluding hydrogens is 274 g/mol. The second kappa shape index (κ2) is 7.56. The molecular formula is C16H18ClNO2. The Bertz CT molecular complexity index is 570. The van der Waals surface area contributed by atoms with E-state index in [1.807, 2.05) is 37.3 Å². The molecule has 0 bridgehead atoms. The summed E-state index contributed by atoms with van der Waals surface area (Å²) in [6.07, 6.45) is 0.453. The molecule has 0 radical (unpaired) electrons. The molecule has 2 aromatic carbocycles. The number of anilines is 1. The summed E-state index contributed by atoms with van der Waals surface area (Å²) in [4.78, 5) is 11.6. The molecule has 4 heteroatoms. The molecule has 0 heterocycles. The molecule has 2 N–H and O–H groups in total. The number of hydrogen-bond acceptors (Lipinski definition) is 3. The number of halogens is 1. The second-order valence-corrected chi connectivity index (χ2v) is 4.30. The van der Waals surface area contributed by atoms with Gasteiger partial charge in [-0.2, -0.15) is 0 Å². The van der Waals surface area contributed by atoms with E-state index in [9.17, 15) is 4.79 Å². The van der Waals surface area contributed by atoms with Crippen LogP contribution in [0.1, 0.15) is 29.3 Å². The molecule has 0 aliphatic carbocycles. The van der Waals surface area contributed by atoms with Crippen LogP contribution in [0.4, 0.5) is 5.69 Å². The zero-order chi connectivity index (χ0) is 13.7. The summed E-state index contributed by atoms with van der Waals surface area (Å²) in [6, 6.07) is 15.1. The summed E-state index contributed by atoms with van der Waals surface area (Å²) >= 11 is 0. The average molecular weight is 292 g/mol. The van der Waals surface area contributed by atoms with Crippen LogP contribution in [0.5, 0.6) is 5.75 Å². The van der Waals surface area contributed by atoms with E-state index in [0.717, 1.165) is 5.56 Å². The first-order valence-electron chi connectivity index (χ1n) is 6.30. The van der Waals surface area contributed by atoms with Crippen molar-refractivity contribution in [2.75, 3.05) is 5.73 Å². The van der Waals surface area contributed by atoms with E-state index in [1.165, 1.54) is 0 Å². The number of ketones is 1. The highest BCUT2D eigenvalue weighted by Gasteiger charge is 2.08. The van der Waals surface area contributed by atoms with E-state index in [-0.39, 0.29) is 18.2 Å². The minimum absolute atomic E-state index is 0. The van der Waals surface area contributed by atoms with Crippen LogP contribution in [0.2, 0.25) is 0 Å². The van der Waals surface area contributed by atoms with Gasteiger partial charge >= 0.3 is 0 Å². The van der Waals surface area contributed by atoms with Gasteiger partial charge in [0.2, 0.25) is 0 Å². The van der Waals surface area contributed by atoms with Gasteiger partial charge in [-0.3, -0.25) is 4.79 Å². The SMILES string of the molecule is CCC(=O)c1ccc(OCc2ccccc2)cc1N.Cl. The molecule has 0 saturated heterocycles. The Balaban J connectivity index is 0.00000200. The molecule has 2 rings (SSSR count).